The van der Waals surface area contributed by atoms with Crippen LogP contribution < -0.4 is 19.9 Å². The molecule has 144 valence electrons. The third kappa shape index (κ3) is 4.40. The van der Waals surface area contributed by atoms with Crippen LogP contribution in [0.3, 0.4) is 0 Å². The molecule has 2 saturated heterocycles. The minimum absolute atomic E-state index is 0.608. The van der Waals surface area contributed by atoms with Crippen LogP contribution in [0.2, 0.25) is 0 Å². The van der Waals surface area contributed by atoms with E-state index in [4.69, 9.17) is 19.7 Å². The Kier molecular flexibility index (Phi) is 5.55. The molecule has 0 radical (unpaired) electrons. The summed E-state index contributed by atoms with van der Waals surface area (Å²) in [5.74, 6) is 3.03. The maximum atomic E-state index is 5.23. The summed E-state index contributed by atoms with van der Waals surface area (Å²) in [5.41, 5.74) is 0.941. The Morgan fingerprint density at radius 2 is 1.26 bits per heavy atom. The number of piperidine rings is 2. The lowest BCUT2D eigenvalue weighted by Gasteiger charge is -2.30. The molecule has 0 aliphatic carbocycles. The molecule has 2 aliphatic rings. The Bertz CT molecular complexity index is 702. The number of anilines is 4. The summed E-state index contributed by atoms with van der Waals surface area (Å²) in [4.78, 5) is 18.8. The van der Waals surface area contributed by atoms with Gasteiger partial charge in [0.05, 0.1) is 7.11 Å². The van der Waals surface area contributed by atoms with Crippen molar-refractivity contribution in [2.45, 2.75) is 38.5 Å². The van der Waals surface area contributed by atoms with Crippen molar-refractivity contribution in [1.82, 2.24) is 15.0 Å². The summed E-state index contributed by atoms with van der Waals surface area (Å²) < 4.78 is 5.23. The van der Waals surface area contributed by atoms with Crippen molar-refractivity contribution in [3.8, 4) is 5.75 Å². The first kappa shape index (κ1) is 17.8. The van der Waals surface area contributed by atoms with E-state index in [0.717, 1.165) is 49.5 Å². The van der Waals surface area contributed by atoms with Gasteiger partial charge < -0.3 is 19.9 Å². The van der Waals surface area contributed by atoms with E-state index in [0.29, 0.717) is 5.95 Å². The van der Waals surface area contributed by atoms with Crippen LogP contribution in [0.1, 0.15) is 38.5 Å². The van der Waals surface area contributed by atoms with E-state index >= 15 is 0 Å². The maximum Gasteiger partial charge on any atom is 0.233 e. The summed E-state index contributed by atoms with van der Waals surface area (Å²) in [6.07, 6.45) is 7.38. The van der Waals surface area contributed by atoms with Crippen LogP contribution in [0, 0.1) is 0 Å². The molecule has 2 fully saturated rings. The van der Waals surface area contributed by atoms with Gasteiger partial charge in [-0.1, -0.05) is 0 Å². The molecule has 0 saturated carbocycles. The average Bonchev–Trinajstić information content (AvgIpc) is 2.75. The Balaban J connectivity index is 1.61. The van der Waals surface area contributed by atoms with Gasteiger partial charge in [-0.15, -0.1) is 0 Å². The molecule has 7 heteroatoms. The van der Waals surface area contributed by atoms with Gasteiger partial charge in [0.15, 0.2) is 0 Å². The fourth-order valence-corrected chi connectivity index (χ4v) is 3.68. The first-order valence-corrected chi connectivity index (χ1v) is 9.99. The fraction of sp³-hybridized carbons (Fsp3) is 0.550. The zero-order valence-electron chi connectivity index (χ0n) is 16.0. The number of hydrogen-bond donors (Lipinski definition) is 1. The molecule has 2 aliphatic heterocycles. The van der Waals surface area contributed by atoms with Gasteiger partial charge in [-0.3, -0.25) is 0 Å². The molecule has 4 rings (SSSR count). The van der Waals surface area contributed by atoms with E-state index < -0.39 is 0 Å². The van der Waals surface area contributed by atoms with Crippen LogP contribution in [-0.4, -0.2) is 48.2 Å². The second kappa shape index (κ2) is 8.41. The average molecular weight is 368 g/mol. The van der Waals surface area contributed by atoms with Gasteiger partial charge in [0, 0.05) is 31.9 Å². The van der Waals surface area contributed by atoms with Crippen LogP contribution in [-0.2, 0) is 0 Å². The molecule has 0 spiro atoms. The van der Waals surface area contributed by atoms with E-state index in [2.05, 4.69) is 15.1 Å². The van der Waals surface area contributed by atoms with Crippen molar-refractivity contribution >= 4 is 23.5 Å². The molecule has 1 aromatic heterocycles. The molecule has 0 bridgehead atoms. The molecule has 1 aromatic carbocycles. The Hall–Kier alpha value is -2.57. The van der Waals surface area contributed by atoms with Crippen molar-refractivity contribution < 1.29 is 4.74 Å². The molecule has 1 N–H and O–H groups in total. The Morgan fingerprint density at radius 1 is 0.741 bits per heavy atom. The largest absolute Gasteiger partial charge is 0.497 e. The van der Waals surface area contributed by atoms with E-state index in [1.165, 1.54) is 38.5 Å². The summed E-state index contributed by atoms with van der Waals surface area (Å²) >= 11 is 0. The number of aromatic nitrogens is 3. The molecular formula is C20H28N6O. The van der Waals surface area contributed by atoms with Gasteiger partial charge >= 0.3 is 0 Å². The third-order valence-corrected chi connectivity index (χ3v) is 5.24. The summed E-state index contributed by atoms with van der Waals surface area (Å²) in [6, 6.07) is 7.81. The zero-order chi connectivity index (χ0) is 18.5. The van der Waals surface area contributed by atoms with Crippen LogP contribution in [0.15, 0.2) is 24.3 Å². The molecule has 0 amide bonds. The normalized spacial score (nSPS) is 17.7. The minimum atomic E-state index is 0.608. The van der Waals surface area contributed by atoms with E-state index in [1.807, 2.05) is 24.3 Å². The molecule has 0 atom stereocenters. The first-order chi connectivity index (χ1) is 13.3. The molecule has 3 heterocycles. The first-order valence-electron chi connectivity index (χ1n) is 9.99. The summed E-state index contributed by atoms with van der Waals surface area (Å²) in [5, 5.41) is 3.34. The number of ether oxygens (including phenoxy) is 1. The Morgan fingerprint density at radius 3 is 1.74 bits per heavy atom. The molecule has 7 nitrogen and oxygen atoms in total. The van der Waals surface area contributed by atoms with E-state index in [1.54, 1.807) is 7.11 Å². The number of hydrogen-bond acceptors (Lipinski definition) is 7. The molecular weight excluding hydrogens is 340 g/mol. The minimum Gasteiger partial charge on any atom is -0.497 e. The van der Waals surface area contributed by atoms with Gasteiger partial charge in [0.1, 0.15) is 5.75 Å². The maximum absolute atomic E-state index is 5.23. The highest BCUT2D eigenvalue weighted by Gasteiger charge is 2.20. The van der Waals surface area contributed by atoms with Crippen molar-refractivity contribution in [1.29, 1.82) is 0 Å². The highest BCUT2D eigenvalue weighted by Crippen LogP contribution is 2.24. The van der Waals surface area contributed by atoms with Gasteiger partial charge in [-0.2, -0.15) is 15.0 Å². The lowest BCUT2D eigenvalue weighted by molar-refractivity contribution is 0.415. The van der Waals surface area contributed by atoms with Gasteiger partial charge in [0.25, 0.3) is 0 Å². The quantitative estimate of drug-likeness (QED) is 0.865. The molecule has 27 heavy (non-hydrogen) atoms. The van der Waals surface area contributed by atoms with Crippen LogP contribution in [0.4, 0.5) is 23.5 Å². The predicted molar refractivity (Wildman–Crippen MR) is 108 cm³/mol. The van der Waals surface area contributed by atoms with Crippen molar-refractivity contribution in [3.63, 3.8) is 0 Å². The Labute approximate surface area is 160 Å². The van der Waals surface area contributed by atoms with Crippen LogP contribution >= 0.6 is 0 Å². The number of nitrogens with zero attached hydrogens (tertiary/aromatic N) is 5. The van der Waals surface area contributed by atoms with E-state index in [9.17, 15) is 0 Å². The monoisotopic (exact) mass is 368 g/mol. The highest BCUT2D eigenvalue weighted by molar-refractivity contribution is 5.57. The number of rotatable bonds is 5. The van der Waals surface area contributed by atoms with Gasteiger partial charge in [-0.05, 0) is 62.8 Å². The zero-order valence-corrected chi connectivity index (χ0v) is 16.0. The fourth-order valence-electron chi connectivity index (χ4n) is 3.68. The van der Waals surface area contributed by atoms with Crippen LogP contribution in [0.25, 0.3) is 0 Å². The second-order valence-corrected chi connectivity index (χ2v) is 7.21. The predicted octanol–water partition coefficient (Wildman–Crippen LogP) is 3.60. The standard InChI is InChI=1S/C20H28N6O/c1-27-17-10-8-16(9-11-17)21-18-22-19(25-12-4-2-5-13-25)24-20(23-18)26-14-6-3-7-15-26/h8-11H,2-7,12-15H2,1H3,(H,21,22,23,24). The van der Waals surface area contributed by atoms with Crippen molar-refractivity contribution in [2.24, 2.45) is 0 Å². The van der Waals surface area contributed by atoms with E-state index in [-0.39, 0.29) is 0 Å². The summed E-state index contributed by atoms with van der Waals surface area (Å²) in [7, 11) is 1.67. The number of benzene rings is 1. The van der Waals surface area contributed by atoms with Gasteiger partial charge in [0.2, 0.25) is 17.8 Å². The lowest BCUT2D eigenvalue weighted by atomic mass is 10.1. The second-order valence-electron chi connectivity index (χ2n) is 7.21. The SMILES string of the molecule is COc1ccc(Nc2nc(N3CCCCC3)nc(N3CCCCC3)n2)cc1. The molecule has 2 aromatic rings. The topological polar surface area (TPSA) is 66.4 Å². The van der Waals surface area contributed by atoms with Crippen molar-refractivity contribution in [2.75, 3.05) is 48.4 Å². The number of nitrogens with one attached hydrogen (secondary N) is 1. The van der Waals surface area contributed by atoms with Crippen LogP contribution in [0.5, 0.6) is 5.75 Å². The third-order valence-electron chi connectivity index (χ3n) is 5.24. The highest BCUT2D eigenvalue weighted by atomic mass is 16.5. The smallest absolute Gasteiger partial charge is 0.233 e. The molecule has 0 unspecified atom stereocenters. The lowest BCUT2D eigenvalue weighted by Crippen LogP contribution is -2.34. The van der Waals surface area contributed by atoms with Crippen molar-refractivity contribution in [3.05, 3.63) is 24.3 Å². The summed E-state index contributed by atoms with van der Waals surface area (Å²) in [6.45, 7) is 4.08. The van der Waals surface area contributed by atoms with Gasteiger partial charge in [-0.25, -0.2) is 0 Å². The number of methoxy groups -OCH3 is 1.